The van der Waals surface area contributed by atoms with Crippen LogP contribution in [0.25, 0.3) is 0 Å². The third-order valence-corrected chi connectivity index (χ3v) is 9.78. The summed E-state index contributed by atoms with van der Waals surface area (Å²) in [7, 11) is -1.71. The van der Waals surface area contributed by atoms with Crippen LogP contribution >= 0.6 is 0 Å². The van der Waals surface area contributed by atoms with E-state index in [-0.39, 0.29) is 17.0 Å². The zero-order chi connectivity index (χ0) is 12.7. The Labute approximate surface area is 101 Å². The van der Waals surface area contributed by atoms with Gasteiger partial charge in [0, 0.05) is 0 Å². The predicted octanol–water partition coefficient (Wildman–Crippen LogP) is 3.41. The van der Waals surface area contributed by atoms with Gasteiger partial charge in [-0.15, -0.1) is 6.58 Å². The Morgan fingerprint density at radius 1 is 1.44 bits per heavy atom. The third kappa shape index (κ3) is 1.75. The Hall–Kier alpha value is -0.573. The zero-order valence-electron chi connectivity index (χ0n) is 11.5. The molecule has 0 aromatic carbocycles. The largest absolute Gasteiger partial charge is 0.362 e. The summed E-state index contributed by atoms with van der Waals surface area (Å²) in [5, 5.41) is 0.211. The highest BCUT2D eigenvalue weighted by atomic mass is 28.3. The molecule has 2 nitrogen and oxygen atoms in total. The minimum atomic E-state index is -1.71. The second kappa shape index (κ2) is 4.02. The summed E-state index contributed by atoms with van der Waals surface area (Å²) in [4.78, 5) is 12.2. The van der Waals surface area contributed by atoms with Crippen LogP contribution in [-0.4, -0.2) is 24.7 Å². The lowest BCUT2D eigenvalue weighted by molar-refractivity contribution is -0.145. The summed E-state index contributed by atoms with van der Waals surface area (Å²) in [6.45, 7) is 17.3. The van der Waals surface area contributed by atoms with E-state index in [1.165, 1.54) is 0 Å². The van der Waals surface area contributed by atoms with Gasteiger partial charge in [-0.1, -0.05) is 46.9 Å². The van der Waals surface area contributed by atoms with Crippen LogP contribution in [0, 0.1) is 5.92 Å². The smallest absolute Gasteiger partial charge is 0.220 e. The highest BCUT2D eigenvalue weighted by Crippen LogP contribution is 2.45. The average Bonchev–Trinajstić information content (AvgIpc) is 2.12. The number of hydrogen-bond donors (Lipinski definition) is 0. The highest BCUT2D eigenvalue weighted by Gasteiger charge is 2.55. The fraction of sp³-hybridized carbons (Fsp3) is 0.769. The summed E-state index contributed by atoms with van der Waals surface area (Å²) in [5.41, 5.74) is 0. The van der Waals surface area contributed by atoms with Gasteiger partial charge in [-0.3, -0.25) is 4.79 Å². The monoisotopic (exact) mass is 239 g/mol. The Kier molecular flexibility index (Phi) is 3.39. The van der Waals surface area contributed by atoms with E-state index in [2.05, 4.69) is 51.9 Å². The molecule has 16 heavy (non-hydrogen) atoms. The number of β-lactam (4-membered cyclic amide) rings is 1. The number of nitrogens with zero attached hydrogens (tertiary/aromatic N) is 1. The molecule has 0 N–H and O–H groups in total. The lowest BCUT2D eigenvalue weighted by atomic mass is 9.88. The van der Waals surface area contributed by atoms with Gasteiger partial charge in [-0.05, 0) is 11.5 Å². The first-order valence-corrected chi connectivity index (χ1v) is 9.09. The van der Waals surface area contributed by atoms with Gasteiger partial charge in [0.2, 0.25) is 5.91 Å². The first-order chi connectivity index (χ1) is 7.18. The Balaban J connectivity index is 2.98. The van der Waals surface area contributed by atoms with Gasteiger partial charge in [0.1, 0.15) is 0 Å². The quantitative estimate of drug-likeness (QED) is 0.420. The topological polar surface area (TPSA) is 20.3 Å². The number of rotatable bonds is 3. The molecule has 0 aromatic rings. The summed E-state index contributed by atoms with van der Waals surface area (Å²) in [5.74, 6) is 0.533. The van der Waals surface area contributed by atoms with Crippen LogP contribution in [0.3, 0.4) is 0 Å². The van der Waals surface area contributed by atoms with Gasteiger partial charge in [0.15, 0.2) is 8.24 Å². The molecule has 1 fully saturated rings. The summed E-state index contributed by atoms with van der Waals surface area (Å²) in [6, 6.07) is 0.276. The molecule has 1 aliphatic heterocycles. The van der Waals surface area contributed by atoms with Crippen molar-refractivity contribution in [3.8, 4) is 0 Å². The van der Waals surface area contributed by atoms with E-state index in [9.17, 15) is 4.79 Å². The van der Waals surface area contributed by atoms with Crippen molar-refractivity contribution in [1.29, 1.82) is 0 Å². The first kappa shape index (κ1) is 13.5. The number of amides is 1. The molecular formula is C13H25NOSi. The Morgan fingerprint density at radius 3 is 2.25 bits per heavy atom. The third-order valence-electron chi connectivity index (χ3n) is 4.38. The van der Waals surface area contributed by atoms with Crippen LogP contribution in [-0.2, 0) is 4.79 Å². The van der Waals surface area contributed by atoms with E-state index in [0.717, 1.165) is 6.42 Å². The lowest BCUT2D eigenvalue weighted by Crippen LogP contribution is -2.71. The molecule has 1 saturated heterocycles. The fourth-order valence-electron chi connectivity index (χ4n) is 2.26. The van der Waals surface area contributed by atoms with Gasteiger partial charge in [-0.25, -0.2) is 0 Å². The molecule has 0 bridgehead atoms. The normalized spacial score (nSPS) is 26.6. The predicted molar refractivity (Wildman–Crippen MR) is 71.8 cm³/mol. The standard InChI is InChI=1S/C13H25NOSi/c1-8-10-11(9-2)14(12(10)15)16(6,7)13(3,4)5/h9-11H,2,8H2,1,3-7H3. The van der Waals surface area contributed by atoms with Crippen molar-refractivity contribution in [2.24, 2.45) is 5.92 Å². The molecule has 1 rings (SSSR count). The van der Waals surface area contributed by atoms with Crippen LogP contribution < -0.4 is 0 Å². The van der Waals surface area contributed by atoms with E-state index >= 15 is 0 Å². The van der Waals surface area contributed by atoms with E-state index in [1.807, 2.05) is 6.08 Å². The molecule has 2 unspecified atom stereocenters. The molecule has 1 aliphatic rings. The van der Waals surface area contributed by atoms with Crippen LogP contribution in [0.1, 0.15) is 34.1 Å². The van der Waals surface area contributed by atoms with Crippen molar-refractivity contribution in [3.63, 3.8) is 0 Å². The second-order valence-electron chi connectivity index (χ2n) is 6.26. The Bertz CT molecular complexity index is 304. The SMILES string of the molecule is C=CC1C(CC)C(=O)N1[Si](C)(C)C(C)(C)C. The van der Waals surface area contributed by atoms with Gasteiger partial charge >= 0.3 is 0 Å². The molecule has 1 heterocycles. The van der Waals surface area contributed by atoms with Crippen molar-refractivity contribution in [2.45, 2.75) is 58.3 Å². The van der Waals surface area contributed by atoms with Gasteiger partial charge in [-0.2, -0.15) is 0 Å². The average molecular weight is 239 g/mol. The maximum Gasteiger partial charge on any atom is 0.220 e. The van der Waals surface area contributed by atoms with Crippen molar-refractivity contribution in [1.82, 2.24) is 4.57 Å². The lowest BCUT2D eigenvalue weighted by Gasteiger charge is -2.57. The van der Waals surface area contributed by atoms with E-state index in [0.29, 0.717) is 5.91 Å². The maximum absolute atomic E-state index is 12.2. The molecule has 0 aliphatic carbocycles. The summed E-state index contributed by atoms with van der Waals surface area (Å²) < 4.78 is 2.15. The van der Waals surface area contributed by atoms with Crippen molar-refractivity contribution in [2.75, 3.05) is 0 Å². The molecule has 0 saturated carbocycles. The fourth-order valence-corrected chi connectivity index (χ4v) is 4.73. The Morgan fingerprint density at radius 2 is 1.94 bits per heavy atom. The molecule has 2 atom stereocenters. The van der Waals surface area contributed by atoms with Crippen molar-refractivity contribution < 1.29 is 4.79 Å². The molecule has 0 radical (unpaired) electrons. The number of hydrogen-bond acceptors (Lipinski definition) is 1. The van der Waals surface area contributed by atoms with E-state index < -0.39 is 8.24 Å². The van der Waals surface area contributed by atoms with Gasteiger partial charge < -0.3 is 4.57 Å². The zero-order valence-corrected chi connectivity index (χ0v) is 12.5. The van der Waals surface area contributed by atoms with Gasteiger partial charge in [0.05, 0.1) is 12.0 Å². The minimum absolute atomic E-state index is 0.187. The summed E-state index contributed by atoms with van der Waals surface area (Å²) >= 11 is 0. The van der Waals surface area contributed by atoms with Crippen molar-refractivity contribution >= 4 is 14.1 Å². The molecule has 3 heteroatoms. The molecule has 0 aromatic heterocycles. The molecular weight excluding hydrogens is 214 g/mol. The van der Waals surface area contributed by atoms with Crippen LogP contribution in [0.15, 0.2) is 12.7 Å². The second-order valence-corrected chi connectivity index (χ2v) is 11.4. The minimum Gasteiger partial charge on any atom is -0.362 e. The number of carbonyl (C=O) groups excluding carboxylic acids is 1. The highest BCUT2D eigenvalue weighted by molar-refractivity contribution is 6.80. The molecule has 0 spiro atoms. The van der Waals surface area contributed by atoms with Crippen LogP contribution in [0.4, 0.5) is 0 Å². The molecule has 1 amide bonds. The number of carbonyl (C=O) groups is 1. The van der Waals surface area contributed by atoms with E-state index in [1.54, 1.807) is 0 Å². The van der Waals surface area contributed by atoms with Gasteiger partial charge in [0.25, 0.3) is 0 Å². The molecule has 92 valence electrons. The maximum atomic E-state index is 12.2. The van der Waals surface area contributed by atoms with E-state index in [4.69, 9.17) is 0 Å². The van der Waals surface area contributed by atoms with Crippen LogP contribution in [0.5, 0.6) is 0 Å². The summed E-state index contributed by atoms with van der Waals surface area (Å²) in [6.07, 6.45) is 2.89. The van der Waals surface area contributed by atoms with Crippen molar-refractivity contribution in [3.05, 3.63) is 12.7 Å². The van der Waals surface area contributed by atoms with Crippen LogP contribution in [0.2, 0.25) is 18.1 Å². The first-order valence-electron chi connectivity index (χ1n) is 6.14.